The number of benzene rings is 1. The SMILES string of the molecule is CCOC(=O)C(C=Nc1ccccc1OC)C(C)=O. The van der Waals surface area contributed by atoms with Crippen LogP contribution in [0.1, 0.15) is 13.8 Å². The molecule has 0 amide bonds. The van der Waals surface area contributed by atoms with Crippen LogP contribution in [0.5, 0.6) is 5.75 Å². The molecule has 102 valence electrons. The third kappa shape index (κ3) is 4.21. The van der Waals surface area contributed by atoms with E-state index in [0.717, 1.165) is 0 Å². The molecule has 0 aliphatic carbocycles. The van der Waals surface area contributed by atoms with E-state index in [1.165, 1.54) is 20.2 Å². The molecule has 0 heterocycles. The second-order valence-electron chi connectivity index (χ2n) is 3.79. The first-order valence-corrected chi connectivity index (χ1v) is 5.94. The Balaban J connectivity index is 2.92. The number of carbonyl (C=O) groups excluding carboxylic acids is 2. The number of rotatable bonds is 6. The highest BCUT2D eigenvalue weighted by Gasteiger charge is 2.22. The van der Waals surface area contributed by atoms with E-state index in [1.54, 1.807) is 25.1 Å². The Labute approximate surface area is 112 Å². The fourth-order valence-corrected chi connectivity index (χ4v) is 1.46. The van der Waals surface area contributed by atoms with Crippen molar-refractivity contribution in [3.63, 3.8) is 0 Å². The first-order valence-electron chi connectivity index (χ1n) is 5.94. The molecular formula is C14H17NO4. The third-order valence-corrected chi connectivity index (χ3v) is 2.43. The standard InChI is InChI=1S/C14H17NO4/c1-4-19-14(17)11(10(2)16)9-15-12-7-5-6-8-13(12)18-3/h5-9,11H,4H2,1-3H3. The molecule has 1 aromatic rings. The first kappa shape index (κ1) is 14.9. The summed E-state index contributed by atoms with van der Waals surface area (Å²) >= 11 is 0. The summed E-state index contributed by atoms with van der Waals surface area (Å²) in [4.78, 5) is 27.1. The number of methoxy groups -OCH3 is 1. The van der Waals surface area contributed by atoms with E-state index in [9.17, 15) is 9.59 Å². The fourth-order valence-electron chi connectivity index (χ4n) is 1.46. The number of hydrogen-bond donors (Lipinski definition) is 0. The van der Waals surface area contributed by atoms with Crippen LogP contribution in [0.3, 0.4) is 0 Å². The van der Waals surface area contributed by atoms with Crippen LogP contribution in [-0.4, -0.2) is 31.7 Å². The van der Waals surface area contributed by atoms with Gasteiger partial charge in [0.25, 0.3) is 0 Å². The lowest BCUT2D eigenvalue weighted by atomic mass is 10.1. The van der Waals surface area contributed by atoms with E-state index in [0.29, 0.717) is 11.4 Å². The van der Waals surface area contributed by atoms with Gasteiger partial charge in [-0.15, -0.1) is 0 Å². The van der Waals surface area contributed by atoms with Crippen LogP contribution in [0.15, 0.2) is 29.3 Å². The molecule has 5 nitrogen and oxygen atoms in total. The molecule has 0 aliphatic heterocycles. The zero-order chi connectivity index (χ0) is 14.3. The second kappa shape index (κ2) is 7.31. The molecule has 0 saturated carbocycles. The lowest BCUT2D eigenvalue weighted by Gasteiger charge is -2.08. The Morgan fingerprint density at radius 3 is 2.63 bits per heavy atom. The Morgan fingerprint density at radius 2 is 2.05 bits per heavy atom. The average Bonchev–Trinajstić information content (AvgIpc) is 2.39. The van der Waals surface area contributed by atoms with E-state index in [4.69, 9.17) is 9.47 Å². The van der Waals surface area contributed by atoms with E-state index >= 15 is 0 Å². The van der Waals surface area contributed by atoms with Gasteiger partial charge in [0, 0.05) is 6.21 Å². The number of carbonyl (C=O) groups is 2. The van der Waals surface area contributed by atoms with Gasteiger partial charge >= 0.3 is 5.97 Å². The molecule has 1 aromatic carbocycles. The van der Waals surface area contributed by atoms with Gasteiger partial charge in [-0.2, -0.15) is 0 Å². The van der Waals surface area contributed by atoms with Crippen molar-refractivity contribution in [2.24, 2.45) is 10.9 Å². The zero-order valence-electron chi connectivity index (χ0n) is 11.3. The summed E-state index contributed by atoms with van der Waals surface area (Å²) < 4.78 is 9.96. The Hall–Kier alpha value is -2.17. The van der Waals surface area contributed by atoms with Crippen molar-refractivity contribution in [2.75, 3.05) is 13.7 Å². The van der Waals surface area contributed by atoms with Gasteiger partial charge in [0.05, 0.1) is 13.7 Å². The molecule has 19 heavy (non-hydrogen) atoms. The summed E-state index contributed by atoms with van der Waals surface area (Å²) in [6, 6.07) is 7.09. The first-order chi connectivity index (χ1) is 9.10. The maximum atomic E-state index is 11.6. The lowest BCUT2D eigenvalue weighted by molar-refractivity contribution is -0.148. The van der Waals surface area contributed by atoms with Gasteiger partial charge in [-0.3, -0.25) is 14.6 Å². The summed E-state index contributed by atoms with van der Waals surface area (Å²) in [5, 5.41) is 0. The van der Waals surface area contributed by atoms with Crippen molar-refractivity contribution in [2.45, 2.75) is 13.8 Å². The van der Waals surface area contributed by atoms with Gasteiger partial charge in [-0.25, -0.2) is 0 Å². The van der Waals surface area contributed by atoms with Crippen LogP contribution in [-0.2, 0) is 14.3 Å². The van der Waals surface area contributed by atoms with E-state index in [2.05, 4.69) is 4.99 Å². The number of ether oxygens (including phenoxy) is 2. The van der Waals surface area contributed by atoms with Crippen LogP contribution in [0.25, 0.3) is 0 Å². The fraction of sp³-hybridized carbons (Fsp3) is 0.357. The maximum Gasteiger partial charge on any atom is 0.321 e. The Kier molecular flexibility index (Phi) is 5.73. The van der Waals surface area contributed by atoms with Gasteiger partial charge in [0.1, 0.15) is 17.2 Å². The Bertz CT molecular complexity index is 482. The minimum absolute atomic E-state index is 0.227. The molecule has 0 bridgehead atoms. The van der Waals surface area contributed by atoms with Crippen molar-refractivity contribution in [1.82, 2.24) is 0 Å². The van der Waals surface area contributed by atoms with Crippen LogP contribution in [0, 0.1) is 5.92 Å². The van der Waals surface area contributed by atoms with Gasteiger partial charge in [0.2, 0.25) is 0 Å². The highest BCUT2D eigenvalue weighted by molar-refractivity contribution is 6.11. The van der Waals surface area contributed by atoms with Crippen molar-refractivity contribution < 1.29 is 19.1 Å². The summed E-state index contributed by atoms with van der Waals surface area (Å²) in [6.07, 6.45) is 1.29. The average molecular weight is 263 g/mol. The number of ketones is 1. The van der Waals surface area contributed by atoms with Crippen molar-refractivity contribution in [1.29, 1.82) is 0 Å². The lowest BCUT2D eigenvalue weighted by Crippen LogP contribution is -2.25. The number of aliphatic imine (C=N–C) groups is 1. The molecule has 0 aliphatic rings. The summed E-state index contributed by atoms with van der Waals surface area (Å²) in [7, 11) is 1.53. The highest BCUT2D eigenvalue weighted by Crippen LogP contribution is 2.26. The molecule has 5 heteroatoms. The van der Waals surface area contributed by atoms with Crippen molar-refractivity contribution in [3.05, 3.63) is 24.3 Å². The maximum absolute atomic E-state index is 11.6. The van der Waals surface area contributed by atoms with Crippen molar-refractivity contribution in [3.8, 4) is 5.75 Å². The summed E-state index contributed by atoms with van der Waals surface area (Å²) in [5.41, 5.74) is 0.556. The summed E-state index contributed by atoms with van der Waals surface area (Å²) in [5.74, 6) is -1.31. The van der Waals surface area contributed by atoms with Crippen LogP contribution >= 0.6 is 0 Å². The minimum atomic E-state index is -0.982. The van der Waals surface area contributed by atoms with Crippen LogP contribution < -0.4 is 4.74 Å². The van der Waals surface area contributed by atoms with Crippen molar-refractivity contribution >= 4 is 23.7 Å². The smallest absolute Gasteiger partial charge is 0.321 e. The number of para-hydroxylation sites is 2. The topological polar surface area (TPSA) is 65.0 Å². The van der Waals surface area contributed by atoms with E-state index in [-0.39, 0.29) is 12.4 Å². The second-order valence-corrected chi connectivity index (χ2v) is 3.79. The quantitative estimate of drug-likeness (QED) is 0.448. The molecule has 0 saturated heterocycles. The molecule has 0 aromatic heterocycles. The Morgan fingerprint density at radius 1 is 1.37 bits per heavy atom. The molecule has 0 fully saturated rings. The predicted molar refractivity (Wildman–Crippen MR) is 72.0 cm³/mol. The normalized spacial score (nSPS) is 12.2. The van der Waals surface area contributed by atoms with Crippen LogP contribution in [0.4, 0.5) is 5.69 Å². The third-order valence-electron chi connectivity index (χ3n) is 2.43. The molecular weight excluding hydrogens is 246 g/mol. The van der Waals surface area contributed by atoms with E-state index < -0.39 is 11.9 Å². The molecule has 0 N–H and O–H groups in total. The van der Waals surface area contributed by atoms with E-state index in [1.807, 2.05) is 6.07 Å². The molecule has 1 unspecified atom stereocenters. The monoisotopic (exact) mass is 263 g/mol. The zero-order valence-corrected chi connectivity index (χ0v) is 11.3. The van der Waals surface area contributed by atoms with Gasteiger partial charge in [0.15, 0.2) is 5.92 Å². The molecule has 0 radical (unpaired) electrons. The van der Waals surface area contributed by atoms with Crippen LogP contribution in [0.2, 0.25) is 0 Å². The molecule has 0 spiro atoms. The largest absolute Gasteiger partial charge is 0.494 e. The number of nitrogens with zero attached hydrogens (tertiary/aromatic N) is 1. The molecule has 1 atom stereocenters. The van der Waals surface area contributed by atoms with Gasteiger partial charge in [-0.1, -0.05) is 12.1 Å². The highest BCUT2D eigenvalue weighted by atomic mass is 16.5. The van der Waals surface area contributed by atoms with Gasteiger partial charge in [-0.05, 0) is 26.0 Å². The summed E-state index contributed by atoms with van der Waals surface area (Å²) in [6.45, 7) is 3.24. The number of esters is 1. The predicted octanol–water partition coefficient (Wildman–Crippen LogP) is 2.17. The number of Topliss-reactive ketones (excluding diaryl/α,β-unsaturated/α-hetero) is 1. The number of hydrogen-bond acceptors (Lipinski definition) is 5. The minimum Gasteiger partial charge on any atom is -0.494 e. The van der Waals surface area contributed by atoms with Gasteiger partial charge < -0.3 is 9.47 Å². The molecule has 1 rings (SSSR count).